The summed E-state index contributed by atoms with van der Waals surface area (Å²) in [4.78, 5) is 17.1. The lowest BCUT2D eigenvalue weighted by molar-refractivity contribution is -0.174. The number of oxime groups is 1. The van der Waals surface area contributed by atoms with Gasteiger partial charge >= 0.3 is 5.97 Å². The SMILES string of the molecule is CCOC(=O)C1(C(C)C)CC(CN)=NO1. The fraction of sp³-hybridized carbons (Fsp3) is 0.800. The van der Waals surface area contributed by atoms with E-state index in [2.05, 4.69) is 5.16 Å². The molecule has 5 nitrogen and oxygen atoms in total. The minimum absolute atomic E-state index is 0.00403. The predicted molar refractivity (Wildman–Crippen MR) is 56.4 cm³/mol. The highest BCUT2D eigenvalue weighted by atomic mass is 16.7. The Morgan fingerprint density at radius 2 is 2.40 bits per heavy atom. The van der Waals surface area contributed by atoms with Gasteiger partial charge in [0.2, 0.25) is 5.60 Å². The molecule has 0 amide bonds. The first-order valence-corrected chi connectivity index (χ1v) is 5.18. The van der Waals surface area contributed by atoms with Gasteiger partial charge in [0.15, 0.2) is 0 Å². The van der Waals surface area contributed by atoms with Crippen LogP contribution in [0, 0.1) is 5.92 Å². The standard InChI is InChI=1S/C10H18N2O3/c1-4-14-9(13)10(7(2)3)5-8(6-11)12-15-10/h7H,4-6,11H2,1-3H3. The van der Waals surface area contributed by atoms with E-state index < -0.39 is 5.60 Å². The molecule has 1 atom stereocenters. The predicted octanol–water partition coefficient (Wildman–Crippen LogP) is 0.679. The van der Waals surface area contributed by atoms with Gasteiger partial charge in [0, 0.05) is 18.9 Å². The highest BCUT2D eigenvalue weighted by Crippen LogP contribution is 2.32. The van der Waals surface area contributed by atoms with Gasteiger partial charge in [-0.2, -0.15) is 0 Å². The van der Waals surface area contributed by atoms with Gasteiger partial charge in [0.05, 0.1) is 12.3 Å². The fourth-order valence-electron chi connectivity index (χ4n) is 1.53. The molecule has 0 aromatic heterocycles. The van der Waals surface area contributed by atoms with Crippen molar-refractivity contribution in [2.75, 3.05) is 13.2 Å². The van der Waals surface area contributed by atoms with Crippen molar-refractivity contribution in [3.8, 4) is 0 Å². The summed E-state index contributed by atoms with van der Waals surface area (Å²) in [6.07, 6.45) is 0.431. The van der Waals surface area contributed by atoms with E-state index in [1.165, 1.54) is 0 Å². The molecular weight excluding hydrogens is 196 g/mol. The number of esters is 1. The minimum Gasteiger partial charge on any atom is -0.463 e. The van der Waals surface area contributed by atoms with Crippen LogP contribution in [0.5, 0.6) is 0 Å². The summed E-state index contributed by atoms with van der Waals surface area (Å²) >= 11 is 0. The molecule has 0 aromatic carbocycles. The van der Waals surface area contributed by atoms with Crippen molar-refractivity contribution in [3.05, 3.63) is 0 Å². The van der Waals surface area contributed by atoms with Crippen molar-refractivity contribution in [1.82, 2.24) is 0 Å². The Morgan fingerprint density at radius 3 is 2.80 bits per heavy atom. The molecular formula is C10H18N2O3. The number of carbonyl (C=O) groups is 1. The van der Waals surface area contributed by atoms with Gasteiger partial charge in [-0.05, 0) is 6.92 Å². The number of rotatable bonds is 4. The molecule has 0 aliphatic carbocycles. The Morgan fingerprint density at radius 1 is 1.73 bits per heavy atom. The monoisotopic (exact) mass is 214 g/mol. The van der Waals surface area contributed by atoms with Crippen molar-refractivity contribution in [2.24, 2.45) is 16.8 Å². The Balaban J connectivity index is 2.80. The molecule has 1 aliphatic heterocycles. The maximum atomic E-state index is 11.8. The van der Waals surface area contributed by atoms with Gasteiger partial charge in [-0.25, -0.2) is 4.79 Å². The van der Waals surface area contributed by atoms with Crippen LogP contribution >= 0.6 is 0 Å². The summed E-state index contributed by atoms with van der Waals surface area (Å²) in [5, 5.41) is 3.82. The second-order valence-corrected chi connectivity index (χ2v) is 3.89. The van der Waals surface area contributed by atoms with E-state index in [-0.39, 0.29) is 11.9 Å². The summed E-state index contributed by atoms with van der Waals surface area (Å²) in [7, 11) is 0. The zero-order chi connectivity index (χ0) is 11.5. The Hall–Kier alpha value is -1.10. The second kappa shape index (κ2) is 4.61. The van der Waals surface area contributed by atoms with Crippen LogP contribution < -0.4 is 5.73 Å². The molecule has 2 N–H and O–H groups in total. The van der Waals surface area contributed by atoms with Gasteiger partial charge in [-0.1, -0.05) is 19.0 Å². The van der Waals surface area contributed by atoms with Crippen molar-refractivity contribution in [3.63, 3.8) is 0 Å². The summed E-state index contributed by atoms with van der Waals surface area (Å²) in [6.45, 7) is 6.24. The van der Waals surface area contributed by atoms with E-state index in [1.54, 1.807) is 6.92 Å². The molecule has 1 unspecified atom stereocenters. The molecule has 5 heteroatoms. The van der Waals surface area contributed by atoms with Crippen molar-refractivity contribution < 1.29 is 14.4 Å². The average molecular weight is 214 g/mol. The van der Waals surface area contributed by atoms with E-state index in [4.69, 9.17) is 15.3 Å². The number of carbonyl (C=O) groups excluding carboxylic acids is 1. The summed E-state index contributed by atoms with van der Waals surface area (Å²) in [6, 6.07) is 0. The first-order chi connectivity index (χ1) is 7.06. The Bertz CT molecular complexity index is 276. The molecule has 0 aromatic rings. The third kappa shape index (κ3) is 2.12. The first kappa shape index (κ1) is 12.0. The fourth-order valence-corrected chi connectivity index (χ4v) is 1.53. The van der Waals surface area contributed by atoms with Gasteiger partial charge in [-0.3, -0.25) is 0 Å². The summed E-state index contributed by atoms with van der Waals surface area (Å²) in [5.41, 5.74) is 5.20. The van der Waals surface area contributed by atoms with Crippen LogP contribution in [0.2, 0.25) is 0 Å². The lowest BCUT2D eigenvalue weighted by Gasteiger charge is -2.27. The van der Waals surface area contributed by atoms with Crippen LogP contribution in [0.4, 0.5) is 0 Å². The maximum absolute atomic E-state index is 11.8. The van der Waals surface area contributed by atoms with E-state index >= 15 is 0 Å². The minimum atomic E-state index is -0.968. The zero-order valence-electron chi connectivity index (χ0n) is 9.45. The van der Waals surface area contributed by atoms with Crippen LogP contribution in [-0.4, -0.2) is 30.4 Å². The van der Waals surface area contributed by atoms with Gasteiger partial charge < -0.3 is 15.3 Å². The molecule has 0 saturated heterocycles. The molecule has 1 aliphatic rings. The molecule has 0 spiro atoms. The van der Waals surface area contributed by atoms with Gasteiger partial charge in [0.1, 0.15) is 0 Å². The van der Waals surface area contributed by atoms with E-state index in [0.717, 1.165) is 0 Å². The van der Waals surface area contributed by atoms with Crippen molar-refractivity contribution >= 4 is 11.7 Å². The molecule has 0 saturated carbocycles. The molecule has 1 heterocycles. The van der Waals surface area contributed by atoms with Crippen molar-refractivity contribution in [2.45, 2.75) is 32.8 Å². The molecule has 0 fully saturated rings. The van der Waals surface area contributed by atoms with E-state index in [0.29, 0.717) is 25.3 Å². The number of hydrogen-bond acceptors (Lipinski definition) is 5. The second-order valence-electron chi connectivity index (χ2n) is 3.89. The highest BCUT2D eigenvalue weighted by molar-refractivity contribution is 5.94. The average Bonchev–Trinajstić information content (AvgIpc) is 2.63. The maximum Gasteiger partial charge on any atom is 0.354 e. The van der Waals surface area contributed by atoms with Gasteiger partial charge in [0.25, 0.3) is 0 Å². The van der Waals surface area contributed by atoms with Crippen LogP contribution in [0.25, 0.3) is 0 Å². The van der Waals surface area contributed by atoms with Crippen molar-refractivity contribution in [1.29, 1.82) is 0 Å². The lowest BCUT2D eigenvalue weighted by atomic mass is 9.86. The Labute approximate surface area is 89.6 Å². The Kier molecular flexibility index (Phi) is 3.68. The summed E-state index contributed by atoms with van der Waals surface area (Å²) in [5.74, 6) is -0.350. The smallest absolute Gasteiger partial charge is 0.354 e. The quantitative estimate of drug-likeness (QED) is 0.698. The first-order valence-electron chi connectivity index (χ1n) is 5.18. The molecule has 0 radical (unpaired) electrons. The van der Waals surface area contributed by atoms with E-state index in [9.17, 15) is 4.79 Å². The van der Waals surface area contributed by atoms with Crippen LogP contribution in [0.1, 0.15) is 27.2 Å². The van der Waals surface area contributed by atoms with Gasteiger partial charge in [-0.15, -0.1) is 0 Å². The molecule has 1 rings (SSSR count). The lowest BCUT2D eigenvalue weighted by Crippen LogP contribution is -2.45. The molecule has 0 bridgehead atoms. The normalized spacial score (nSPS) is 25.0. The number of hydrogen-bond donors (Lipinski definition) is 1. The van der Waals surface area contributed by atoms with Crippen LogP contribution in [0.3, 0.4) is 0 Å². The highest BCUT2D eigenvalue weighted by Gasteiger charge is 2.50. The number of nitrogens with zero attached hydrogens (tertiary/aromatic N) is 1. The van der Waals surface area contributed by atoms with E-state index in [1.807, 2.05) is 13.8 Å². The van der Waals surface area contributed by atoms with Crippen LogP contribution in [-0.2, 0) is 14.4 Å². The molecule has 15 heavy (non-hydrogen) atoms. The van der Waals surface area contributed by atoms with Crippen LogP contribution in [0.15, 0.2) is 5.16 Å². The number of ether oxygens (including phenoxy) is 1. The topological polar surface area (TPSA) is 73.9 Å². The largest absolute Gasteiger partial charge is 0.463 e. The zero-order valence-corrected chi connectivity index (χ0v) is 9.45. The summed E-state index contributed by atoms with van der Waals surface area (Å²) < 4.78 is 5.01. The molecule has 86 valence electrons. The third-order valence-electron chi connectivity index (χ3n) is 2.59. The third-order valence-corrected chi connectivity index (χ3v) is 2.59. The number of nitrogens with two attached hydrogens (primary N) is 1.